The average Bonchev–Trinajstić information content (AvgIpc) is 3.68. The zero-order chi connectivity index (χ0) is 39.8. The molecule has 0 atom stereocenters. The van der Waals surface area contributed by atoms with E-state index in [0.717, 1.165) is 42.7 Å². The van der Waals surface area contributed by atoms with Gasteiger partial charge in [-0.3, -0.25) is 0 Å². The van der Waals surface area contributed by atoms with E-state index in [4.69, 9.17) is 0 Å². The van der Waals surface area contributed by atoms with E-state index in [1.807, 2.05) is 0 Å². The van der Waals surface area contributed by atoms with E-state index in [0.29, 0.717) is 0 Å². The molecule has 9 aromatic rings. The lowest BCUT2D eigenvalue weighted by Gasteiger charge is -2.28. The Balaban J connectivity index is 1.04. The second-order valence-electron chi connectivity index (χ2n) is 15.9. The number of rotatable bonds is 8. The summed E-state index contributed by atoms with van der Waals surface area (Å²) in [4.78, 5) is 2.43. The van der Waals surface area contributed by atoms with Crippen LogP contribution in [0.2, 0.25) is 0 Å². The standard InChI is InChI=1S/C58H44N2/c1-4-16-41(17-5-1)44-28-33-49(34-29-44)59(51-39-47(42-18-6-2-7-19-42)38-48(40-51)43-20-8-3-9-21-43)50-35-30-46(31-36-50)52-23-12-14-26-55(52)60-56-27-15-13-25-54(56)58-53-24-11-10-22-45(53)32-37-57(58)60/h1-8,10-11,13,15-20,22-40H,9,12,14,21H2. The molecule has 0 radical (unpaired) electrons. The monoisotopic (exact) mass is 768 g/mol. The van der Waals surface area contributed by atoms with Crippen LogP contribution in [0.15, 0.2) is 218 Å². The van der Waals surface area contributed by atoms with Gasteiger partial charge in [0, 0.05) is 39.1 Å². The summed E-state index contributed by atoms with van der Waals surface area (Å²) in [6, 6.07) is 69.1. The minimum atomic E-state index is 1.01. The third-order valence-electron chi connectivity index (χ3n) is 12.3. The number of hydrogen-bond donors (Lipinski definition) is 0. The highest BCUT2D eigenvalue weighted by atomic mass is 15.1. The van der Waals surface area contributed by atoms with E-state index < -0.39 is 0 Å². The van der Waals surface area contributed by atoms with Crippen molar-refractivity contribution in [1.82, 2.24) is 4.57 Å². The van der Waals surface area contributed by atoms with Gasteiger partial charge >= 0.3 is 0 Å². The maximum Gasteiger partial charge on any atom is 0.0547 e. The Labute approximate surface area is 352 Å². The Bertz CT molecular complexity index is 3160. The smallest absolute Gasteiger partial charge is 0.0547 e. The van der Waals surface area contributed by atoms with Crippen LogP contribution in [0.1, 0.15) is 36.8 Å². The normalized spacial score (nSPS) is 14.0. The molecule has 0 bridgehead atoms. The number of nitrogens with zero attached hydrogens (tertiary/aromatic N) is 2. The summed E-state index contributed by atoms with van der Waals surface area (Å²) in [5.41, 5.74) is 17.1. The molecule has 0 spiro atoms. The Hall–Kier alpha value is -7.42. The fourth-order valence-corrected chi connectivity index (χ4v) is 9.38. The van der Waals surface area contributed by atoms with Crippen molar-refractivity contribution in [1.29, 1.82) is 0 Å². The maximum atomic E-state index is 2.50. The van der Waals surface area contributed by atoms with Gasteiger partial charge in [0.15, 0.2) is 0 Å². The lowest BCUT2D eigenvalue weighted by molar-refractivity contribution is 1.02. The minimum Gasteiger partial charge on any atom is -0.310 e. The number of para-hydroxylation sites is 1. The first-order chi connectivity index (χ1) is 29.8. The summed E-state index contributed by atoms with van der Waals surface area (Å²) in [5, 5.41) is 5.17. The summed E-state index contributed by atoms with van der Waals surface area (Å²) in [7, 11) is 0. The van der Waals surface area contributed by atoms with Crippen molar-refractivity contribution in [3.63, 3.8) is 0 Å². The molecule has 0 N–H and O–H groups in total. The van der Waals surface area contributed by atoms with Crippen LogP contribution in [0, 0.1) is 0 Å². The molecular weight excluding hydrogens is 725 g/mol. The van der Waals surface area contributed by atoms with Crippen LogP contribution in [0.4, 0.5) is 17.1 Å². The van der Waals surface area contributed by atoms with Gasteiger partial charge in [0.1, 0.15) is 0 Å². The fourth-order valence-electron chi connectivity index (χ4n) is 9.38. The first kappa shape index (κ1) is 35.7. The first-order valence-electron chi connectivity index (χ1n) is 21.2. The molecule has 11 rings (SSSR count). The van der Waals surface area contributed by atoms with Gasteiger partial charge in [-0.25, -0.2) is 0 Å². The molecule has 0 aliphatic heterocycles. The van der Waals surface area contributed by atoms with E-state index in [-0.39, 0.29) is 0 Å². The molecule has 8 aromatic carbocycles. The van der Waals surface area contributed by atoms with E-state index in [9.17, 15) is 0 Å². The van der Waals surface area contributed by atoms with Gasteiger partial charge in [-0.1, -0.05) is 164 Å². The van der Waals surface area contributed by atoms with Crippen molar-refractivity contribution in [2.24, 2.45) is 0 Å². The van der Waals surface area contributed by atoms with Crippen LogP contribution >= 0.6 is 0 Å². The molecule has 2 aliphatic carbocycles. The van der Waals surface area contributed by atoms with Crippen LogP contribution in [-0.2, 0) is 0 Å². The lowest BCUT2D eigenvalue weighted by Crippen LogP contribution is -2.11. The number of allylic oxidation sites excluding steroid dienone is 8. The van der Waals surface area contributed by atoms with E-state index >= 15 is 0 Å². The maximum absolute atomic E-state index is 2.50. The predicted molar refractivity (Wildman–Crippen MR) is 257 cm³/mol. The molecule has 60 heavy (non-hydrogen) atoms. The quantitative estimate of drug-likeness (QED) is 0.149. The molecule has 0 amide bonds. The van der Waals surface area contributed by atoms with Crippen molar-refractivity contribution in [3.05, 3.63) is 230 Å². The van der Waals surface area contributed by atoms with Gasteiger partial charge in [-0.2, -0.15) is 0 Å². The summed E-state index contributed by atoms with van der Waals surface area (Å²) >= 11 is 0. The number of fused-ring (bicyclic) bond motifs is 5. The molecule has 2 heteroatoms. The second kappa shape index (κ2) is 15.4. The van der Waals surface area contributed by atoms with Gasteiger partial charge in [0.25, 0.3) is 0 Å². The molecule has 0 saturated heterocycles. The highest BCUT2D eigenvalue weighted by Gasteiger charge is 2.22. The van der Waals surface area contributed by atoms with Gasteiger partial charge < -0.3 is 9.47 Å². The van der Waals surface area contributed by atoms with Crippen molar-refractivity contribution in [2.75, 3.05) is 4.90 Å². The number of hydrogen-bond acceptors (Lipinski definition) is 1. The molecule has 1 heterocycles. The highest BCUT2D eigenvalue weighted by Crippen LogP contribution is 2.44. The van der Waals surface area contributed by atoms with Crippen LogP contribution in [0.5, 0.6) is 0 Å². The van der Waals surface area contributed by atoms with E-state index in [1.165, 1.54) is 82.8 Å². The largest absolute Gasteiger partial charge is 0.310 e. The number of aromatic nitrogens is 1. The Morgan fingerprint density at radius 2 is 1.03 bits per heavy atom. The predicted octanol–water partition coefficient (Wildman–Crippen LogP) is 16.2. The van der Waals surface area contributed by atoms with E-state index in [2.05, 4.69) is 228 Å². The third-order valence-corrected chi connectivity index (χ3v) is 12.3. The molecule has 0 unspecified atom stereocenters. The summed E-state index contributed by atoms with van der Waals surface area (Å²) in [5.74, 6) is 0. The molecule has 1 aromatic heterocycles. The van der Waals surface area contributed by atoms with Gasteiger partial charge in [-0.15, -0.1) is 0 Å². The first-order valence-corrected chi connectivity index (χ1v) is 21.2. The molecule has 2 nitrogen and oxygen atoms in total. The summed E-state index contributed by atoms with van der Waals surface area (Å²) in [6.45, 7) is 0. The molecule has 2 aliphatic rings. The third kappa shape index (κ3) is 6.47. The summed E-state index contributed by atoms with van der Waals surface area (Å²) < 4.78 is 2.50. The number of benzene rings is 8. The zero-order valence-corrected chi connectivity index (χ0v) is 33.5. The molecular formula is C58H44N2. The number of anilines is 3. The summed E-state index contributed by atoms with van der Waals surface area (Å²) in [6.07, 6.45) is 15.7. The SMILES string of the molecule is C1=CCCC(c2cc(-c3ccccc3)cc(N(c3ccc(C4=CCCC=C4n4c5ccccc5c5c6ccccc6ccc54)cc3)c3ccc(-c4ccccc4)cc3)c2)=C1. The van der Waals surface area contributed by atoms with Crippen molar-refractivity contribution < 1.29 is 0 Å². The van der Waals surface area contributed by atoms with Gasteiger partial charge in [-0.05, 0) is 130 Å². The van der Waals surface area contributed by atoms with Crippen molar-refractivity contribution in [2.45, 2.75) is 25.7 Å². The van der Waals surface area contributed by atoms with E-state index in [1.54, 1.807) is 0 Å². The van der Waals surface area contributed by atoms with Crippen LogP contribution in [-0.4, -0.2) is 4.57 Å². The van der Waals surface area contributed by atoms with Gasteiger partial charge in [0.05, 0.1) is 11.0 Å². The van der Waals surface area contributed by atoms with Crippen LogP contribution in [0.25, 0.3) is 71.7 Å². The fraction of sp³-hybridized carbons (Fsp3) is 0.0690. The van der Waals surface area contributed by atoms with Crippen molar-refractivity contribution in [3.8, 4) is 22.3 Å². The molecule has 0 fully saturated rings. The van der Waals surface area contributed by atoms with Crippen molar-refractivity contribution >= 4 is 66.5 Å². The minimum absolute atomic E-state index is 1.01. The Morgan fingerprint density at radius 3 is 1.77 bits per heavy atom. The molecule has 286 valence electrons. The van der Waals surface area contributed by atoms with Gasteiger partial charge in [0.2, 0.25) is 0 Å². The van der Waals surface area contributed by atoms with Crippen LogP contribution in [0.3, 0.4) is 0 Å². The lowest BCUT2D eigenvalue weighted by atomic mass is 9.93. The molecule has 0 saturated carbocycles. The Morgan fingerprint density at radius 1 is 0.417 bits per heavy atom. The van der Waals surface area contributed by atoms with Crippen LogP contribution < -0.4 is 4.90 Å². The average molecular weight is 769 g/mol. The second-order valence-corrected chi connectivity index (χ2v) is 15.9. The highest BCUT2D eigenvalue weighted by molar-refractivity contribution is 6.23. The zero-order valence-electron chi connectivity index (χ0n) is 33.5. The topological polar surface area (TPSA) is 8.17 Å². The Kier molecular flexibility index (Phi) is 9.17.